The zero-order chi connectivity index (χ0) is 24.9. The summed E-state index contributed by atoms with van der Waals surface area (Å²) < 4.78 is 5.39. The van der Waals surface area contributed by atoms with Crippen LogP contribution in [0.4, 0.5) is 5.69 Å². The lowest BCUT2D eigenvalue weighted by Crippen LogP contribution is -2.42. The number of amides is 2. The minimum Gasteiger partial charge on any atom is -0.504 e. The molecule has 2 bridgehead atoms. The highest BCUT2D eigenvalue weighted by Crippen LogP contribution is 2.68. The molecule has 0 spiro atoms. The lowest BCUT2D eigenvalue weighted by Gasteiger charge is -2.43. The summed E-state index contributed by atoms with van der Waals surface area (Å²) in [6.45, 7) is 1.98. The zero-order valence-electron chi connectivity index (χ0n) is 19.6. The van der Waals surface area contributed by atoms with E-state index in [1.165, 1.54) is 23.3 Å². The van der Waals surface area contributed by atoms with Crippen molar-refractivity contribution in [3.63, 3.8) is 0 Å². The van der Waals surface area contributed by atoms with Crippen LogP contribution >= 0.6 is 23.1 Å². The highest BCUT2D eigenvalue weighted by atomic mass is 32.2. The van der Waals surface area contributed by atoms with Gasteiger partial charge < -0.3 is 14.8 Å². The van der Waals surface area contributed by atoms with Crippen LogP contribution in [-0.4, -0.2) is 34.3 Å². The number of aromatic nitrogens is 1. The highest BCUT2D eigenvalue weighted by Gasteiger charge is 2.69. The molecule has 3 heterocycles. The van der Waals surface area contributed by atoms with E-state index in [-0.39, 0.29) is 63.2 Å². The number of anilines is 1. The molecule has 2 aliphatic heterocycles. The molecule has 2 amide bonds. The van der Waals surface area contributed by atoms with Crippen LogP contribution in [0.3, 0.4) is 0 Å². The van der Waals surface area contributed by atoms with Gasteiger partial charge in [0.1, 0.15) is 0 Å². The number of thioether (sulfide) groups is 1. The van der Waals surface area contributed by atoms with Gasteiger partial charge in [-0.25, -0.2) is 0 Å². The Hall–Kier alpha value is -3.04. The van der Waals surface area contributed by atoms with Crippen molar-refractivity contribution in [1.29, 1.82) is 0 Å². The van der Waals surface area contributed by atoms with Crippen LogP contribution in [0.25, 0.3) is 0 Å². The number of carbonyl (C=O) groups is 2. The van der Waals surface area contributed by atoms with Crippen LogP contribution in [-0.2, 0) is 9.59 Å². The highest BCUT2D eigenvalue weighted by molar-refractivity contribution is 8.00. The number of phenolic OH excluding ortho intramolecular Hbond substituents is 1. The molecule has 4 aliphatic rings. The minimum atomic E-state index is -0.343. The van der Waals surface area contributed by atoms with E-state index in [4.69, 9.17) is 4.74 Å². The predicted octanol–water partition coefficient (Wildman–Crippen LogP) is 4.14. The molecule has 7 nitrogen and oxygen atoms in total. The van der Waals surface area contributed by atoms with Gasteiger partial charge in [0, 0.05) is 16.0 Å². The SMILES string of the molecule is COc1cc([C@@H]2c3sc(=O)[nH]c3S[C@@H]3[C@H]4C[C@@H]([C@H]5C(=O)N(c6ccc(C)cc6)C(=O)[C@@H]45)[C@@H]23)ccc1O. The van der Waals surface area contributed by atoms with Gasteiger partial charge in [-0.15, -0.1) is 11.8 Å². The number of nitrogens with one attached hydrogen (secondary N) is 1. The Kier molecular flexibility index (Phi) is 4.76. The summed E-state index contributed by atoms with van der Waals surface area (Å²) in [6.07, 6.45) is 0.835. The largest absolute Gasteiger partial charge is 0.504 e. The number of aromatic amines is 1. The minimum absolute atomic E-state index is 0.0412. The molecular weight excluding hydrogens is 496 g/mol. The van der Waals surface area contributed by atoms with Crippen LogP contribution in [0.15, 0.2) is 52.3 Å². The van der Waals surface area contributed by atoms with Crippen molar-refractivity contribution in [3.8, 4) is 11.5 Å². The average molecular weight is 521 g/mol. The van der Waals surface area contributed by atoms with Crippen molar-refractivity contribution in [1.82, 2.24) is 4.98 Å². The van der Waals surface area contributed by atoms with E-state index in [9.17, 15) is 19.5 Å². The maximum atomic E-state index is 13.8. The molecule has 2 saturated carbocycles. The summed E-state index contributed by atoms with van der Waals surface area (Å²) in [5, 5.41) is 11.2. The van der Waals surface area contributed by atoms with Crippen molar-refractivity contribution in [2.75, 3.05) is 12.0 Å². The number of methoxy groups -OCH3 is 1. The molecule has 9 heteroatoms. The number of nitrogens with zero attached hydrogens (tertiary/aromatic N) is 1. The number of benzene rings is 2. The lowest BCUT2D eigenvalue weighted by atomic mass is 9.68. The van der Waals surface area contributed by atoms with Gasteiger partial charge in [-0.1, -0.05) is 35.1 Å². The number of hydrogen-bond donors (Lipinski definition) is 2. The van der Waals surface area contributed by atoms with Crippen LogP contribution in [0.2, 0.25) is 0 Å². The van der Waals surface area contributed by atoms with E-state index >= 15 is 0 Å². The number of aryl methyl sites for hydroxylation is 1. The number of fused-ring (bicyclic) bond motifs is 9. The Morgan fingerprint density at radius 3 is 2.47 bits per heavy atom. The smallest absolute Gasteiger partial charge is 0.305 e. The molecule has 184 valence electrons. The monoisotopic (exact) mass is 520 g/mol. The number of phenols is 1. The van der Waals surface area contributed by atoms with Gasteiger partial charge in [0.2, 0.25) is 11.8 Å². The maximum absolute atomic E-state index is 13.8. The van der Waals surface area contributed by atoms with Gasteiger partial charge in [-0.05, 0) is 60.9 Å². The topological polar surface area (TPSA) is 99.7 Å². The van der Waals surface area contributed by atoms with E-state index in [0.29, 0.717) is 11.4 Å². The van der Waals surface area contributed by atoms with E-state index in [2.05, 4.69) is 4.98 Å². The molecule has 7 rings (SSSR count). The third-order valence-electron chi connectivity index (χ3n) is 8.58. The second-order valence-electron chi connectivity index (χ2n) is 10.2. The van der Waals surface area contributed by atoms with Gasteiger partial charge in [-0.3, -0.25) is 19.3 Å². The molecule has 36 heavy (non-hydrogen) atoms. The fourth-order valence-electron chi connectivity index (χ4n) is 7.23. The second-order valence-corrected chi connectivity index (χ2v) is 12.4. The van der Waals surface area contributed by atoms with Gasteiger partial charge in [0.25, 0.3) is 0 Å². The number of carbonyl (C=O) groups excluding carboxylic acids is 2. The molecule has 0 radical (unpaired) electrons. The Morgan fingerprint density at radius 2 is 1.75 bits per heavy atom. The van der Waals surface area contributed by atoms with Gasteiger partial charge >= 0.3 is 4.87 Å². The molecule has 3 aromatic rings. The van der Waals surface area contributed by atoms with Gasteiger partial charge in [0.05, 0.1) is 29.7 Å². The summed E-state index contributed by atoms with van der Waals surface area (Å²) in [5.74, 6) is -0.313. The molecule has 7 atom stereocenters. The summed E-state index contributed by atoms with van der Waals surface area (Å²) >= 11 is 2.88. The summed E-state index contributed by atoms with van der Waals surface area (Å²) in [6, 6.07) is 12.9. The van der Waals surface area contributed by atoms with Crippen LogP contribution in [0.5, 0.6) is 11.5 Å². The molecule has 2 N–H and O–H groups in total. The number of aromatic hydroxyl groups is 1. The number of rotatable bonds is 3. The second kappa shape index (κ2) is 7.73. The molecule has 2 aromatic carbocycles. The predicted molar refractivity (Wildman–Crippen MR) is 137 cm³/mol. The van der Waals surface area contributed by atoms with Gasteiger partial charge in [0.15, 0.2) is 11.5 Å². The molecular formula is C27H24N2O5S2. The third-order valence-corrected chi connectivity index (χ3v) is 11.2. The van der Waals surface area contributed by atoms with Crippen LogP contribution in [0.1, 0.15) is 28.3 Å². The van der Waals surface area contributed by atoms with E-state index < -0.39 is 0 Å². The average Bonchev–Trinajstić information content (AvgIpc) is 3.59. The number of hydrogen-bond acceptors (Lipinski definition) is 7. The molecule has 2 aliphatic carbocycles. The lowest BCUT2D eigenvalue weighted by molar-refractivity contribution is -0.123. The normalized spacial score (nSPS) is 31.9. The molecule has 1 saturated heterocycles. The summed E-state index contributed by atoms with van der Waals surface area (Å²) in [4.78, 5) is 45.1. The zero-order valence-corrected chi connectivity index (χ0v) is 21.3. The molecule has 3 fully saturated rings. The third kappa shape index (κ3) is 2.90. The van der Waals surface area contributed by atoms with Crippen molar-refractivity contribution < 1.29 is 19.4 Å². The van der Waals surface area contributed by atoms with E-state index in [1.54, 1.807) is 17.8 Å². The first-order valence-corrected chi connectivity index (χ1v) is 13.8. The Morgan fingerprint density at radius 1 is 1.03 bits per heavy atom. The summed E-state index contributed by atoms with van der Waals surface area (Å²) in [7, 11) is 1.52. The Labute approximate surface area is 215 Å². The van der Waals surface area contributed by atoms with Crippen LogP contribution in [0, 0.1) is 36.5 Å². The summed E-state index contributed by atoms with van der Waals surface area (Å²) in [5.41, 5.74) is 2.67. The first-order chi connectivity index (χ1) is 17.4. The van der Waals surface area contributed by atoms with Crippen LogP contribution < -0.4 is 14.5 Å². The Balaban J connectivity index is 1.33. The van der Waals surface area contributed by atoms with E-state index in [0.717, 1.165) is 27.5 Å². The van der Waals surface area contributed by atoms with Crippen molar-refractivity contribution in [2.24, 2.45) is 29.6 Å². The van der Waals surface area contributed by atoms with Crippen molar-refractivity contribution in [3.05, 3.63) is 68.1 Å². The quantitative estimate of drug-likeness (QED) is 0.504. The Bertz CT molecular complexity index is 1480. The molecule has 1 aromatic heterocycles. The van der Waals surface area contributed by atoms with Crippen molar-refractivity contribution in [2.45, 2.75) is 29.5 Å². The van der Waals surface area contributed by atoms with E-state index in [1.807, 2.05) is 43.3 Å². The van der Waals surface area contributed by atoms with Gasteiger partial charge in [-0.2, -0.15) is 0 Å². The van der Waals surface area contributed by atoms with Crippen molar-refractivity contribution >= 4 is 40.6 Å². The standard InChI is InChI=1S/C27H24N2O5S2/c1-11-3-6-13(7-4-11)29-25(31)20-14-10-15(21(20)26(29)32)22-19(14)18(23-24(35-22)28-27(33)36-23)12-5-8-16(30)17(9-12)34-2/h3-9,14-15,18-22,30H,10H2,1-2H3,(H,28,33)/t14-,15+,18+,19+,20-,21+,22-/m1/s1. The first kappa shape index (κ1) is 22.2. The maximum Gasteiger partial charge on any atom is 0.305 e. The fraction of sp³-hybridized carbons (Fsp3) is 0.370. The molecule has 0 unspecified atom stereocenters. The number of H-pyrrole nitrogens is 1. The number of ether oxygens (including phenoxy) is 1. The first-order valence-electron chi connectivity index (χ1n) is 12.1. The fourth-order valence-corrected chi connectivity index (χ4v) is 10.1. The number of imide groups is 1. The number of thiazole rings is 1.